The Kier molecular flexibility index (Phi) is 2.84. The van der Waals surface area contributed by atoms with Gasteiger partial charge in [0.1, 0.15) is 0 Å². The highest BCUT2D eigenvalue weighted by Crippen LogP contribution is 2.26. The highest BCUT2D eigenvalue weighted by atomic mass is 16.2. The van der Waals surface area contributed by atoms with Gasteiger partial charge in [0.05, 0.1) is 6.61 Å². The summed E-state index contributed by atoms with van der Waals surface area (Å²) in [5, 5.41) is 8.63. The number of hydrogen-bond acceptors (Lipinski definition) is 2. The van der Waals surface area contributed by atoms with Gasteiger partial charge >= 0.3 is 0 Å². The van der Waals surface area contributed by atoms with E-state index in [2.05, 4.69) is 29.2 Å². The van der Waals surface area contributed by atoms with Gasteiger partial charge in [0, 0.05) is 18.8 Å². The van der Waals surface area contributed by atoms with E-state index in [1.807, 2.05) is 6.08 Å². The summed E-state index contributed by atoms with van der Waals surface area (Å²) in [6.45, 7) is 2.13. The van der Waals surface area contributed by atoms with Crippen LogP contribution in [0.4, 0.5) is 5.69 Å². The molecular formula is C12H15NO. The summed E-state index contributed by atoms with van der Waals surface area (Å²) in [6.07, 6.45) is 4.95. The smallest absolute Gasteiger partial charge is 0.0613 e. The lowest BCUT2D eigenvalue weighted by Gasteiger charge is -2.16. The Bertz CT molecular complexity index is 333. The summed E-state index contributed by atoms with van der Waals surface area (Å²) < 4.78 is 0. The van der Waals surface area contributed by atoms with E-state index >= 15 is 0 Å². The minimum atomic E-state index is 0.134. The van der Waals surface area contributed by atoms with Gasteiger partial charge in [0.2, 0.25) is 0 Å². The second-order valence-electron chi connectivity index (χ2n) is 3.48. The molecule has 74 valence electrons. The summed E-state index contributed by atoms with van der Waals surface area (Å²) in [7, 11) is 0. The van der Waals surface area contributed by atoms with Crippen molar-refractivity contribution in [3.63, 3.8) is 0 Å². The molecule has 1 aliphatic heterocycles. The van der Waals surface area contributed by atoms with Crippen LogP contribution in [0.1, 0.15) is 5.56 Å². The second kappa shape index (κ2) is 4.29. The molecule has 1 heterocycles. The summed E-state index contributed by atoms with van der Waals surface area (Å²) in [5.74, 6) is 0. The van der Waals surface area contributed by atoms with E-state index in [1.54, 1.807) is 6.08 Å². The standard InChI is InChI=1S/C12H15NO/c14-10-4-3-8-13-9-7-11-5-1-2-6-12(11)13/h1-6,14H,7-10H2/b4-3+. The first-order valence-corrected chi connectivity index (χ1v) is 5.00. The van der Waals surface area contributed by atoms with E-state index in [0.717, 1.165) is 19.5 Å². The molecule has 0 saturated heterocycles. The summed E-state index contributed by atoms with van der Waals surface area (Å²) >= 11 is 0. The normalized spacial score (nSPS) is 15.1. The molecule has 0 atom stereocenters. The second-order valence-corrected chi connectivity index (χ2v) is 3.48. The Morgan fingerprint density at radius 2 is 2.14 bits per heavy atom. The minimum absolute atomic E-state index is 0.134. The number of aliphatic hydroxyl groups is 1. The van der Waals surface area contributed by atoms with Gasteiger partial charge in [-0.15, -0.1) is 0 Å². The lowest BCUT2D eigenvalue weighted by atomic mass is 10.2. The van der Waals surface area contributed by atoms with E-state index < -0.39 is 0 Å². The molecule has 0 aromatic heterocycles. The van der Waals surface area contributed by atoms with Crippen LogP contribution in [0.15, 0.2) is 36.4 Å². The van der Waals surface area contributed by atoms with Crippen molar-refractivity contribution in [2.24, 2.45) is 0 Å². The van der Waals surface area contributed by atoms with Crippen LogP contribution in [0.5, 0.6) is 0 Å². The third kappa shape index (κ3) is 1.80. The van der Waals surface area contributed by atoms with Crippen molar-refractivity contribution in [1.82, 2.24) is 0 Å². The Labute approximate surface area is 84.5 Å². The van der Waals surface area contributed by atoms with Crippen molar-refractivity contribution in [2.75, 3.05) is 24.6 Å². The van der Waals surface area contributed by atoms with Crippen molar-refractivity contribution in [1.29, 1.82) is 0 Å². The number of rotatable bonds is 3. The average Bonchev–Trinajstić information content (AvgIpc) is 2.63. The van der Waals surface area contributed by atoms with Gasteiger partial charge in [-0.25, -0.2) is 0 Å². The van der Waals surface area contributed by atoms with Gasteiger partial charge in [0.15, 0.2) is 0 Å². The molecule has 2 nitrogen and oxygen atoms in total. The molecule has 2 rings (SSSR count). The van der Waals surface area contributed by atoms with Crippen molar-refractivity contribution in [3.05, 3.63) is 42.0 Å². The van der Waals surface area contributed by atoms with E-state index in [9.17, 15) is 0 Å². The molecular weight excluding hydrogens is 174 g/mol. The number of aliphatic hydroxyl groups excluding tert-OH is 1. The zero-order valence-electron chi connectivity index (χ0n) is 8.19. The van der Waals surface area contributed by atoms with Gasteiger partial charge in [-0.3, -0.25) is 0 Å². The topological polar surface area (TPSA) is 23.5 Å². The predicted molar refractivity (Wildman–Crippen MR) is 58.6 cm³/mol. The molecule has 0 fully saturated rings. The molecule has 0 unspecified atom stereocenters. The molecule has 0 amide bonds. The van der Waals surface area contributed by atoms with E-state index in [0.29, 0.717) is 0 Å². The molecule has 0 spiro atoms. The van der Waals surface area contributed by atoms with Crippen LogP contribution in [0.3, 0.4) is 0 Å². The quantitative estimate of drug-likeness (QED) is 0.730. The number of hydrogen-bond donors (Lipinski definition) is 1. The Morgan fingerprint density at radius 1 is 1.29 bits per heavy atom. The molecule has 0 radical (unpaired) electrons. The van der Waals surface area contributed by atoms with E-state index in [-0.39, 0.29) is 6.61 Å². The number of anilines is 1. The van der Waals surface area contributed by atoms with Crippen LogP contribution in [0.25, 0.3) is 0 Å². The SMILES string of the molecule is OC/C=C/CN1CCc2ccccc21. The summed E-state index contributed by atoms with van der Waals surface area (Å²) in [6, 6.07) is 8.51. The van der Waals surface area contributed by atoms with Crippen LogP contribution in [-0.2, 0) is 6.42 Å². The van der Waals surface area contributed by atoms with Gasteiger partial charge in [-0.05, 0) is 18.1 Å². The third-order valence-corrected chi connectivity index (χ3v) is 2.58. The third-order valence-electron chi connectivity index (χ3n) is 2.58. The average molecular weight is 189 g/mol. The largest absolute Gasteiger partial charge is 0.392 e. The Balaban J connectivity index is 2.07. The highest BCUT2D eigenvalue weighted by Gasteiger charge is 2.16. The van der Waals surface area contributed by atoms with Crippen LogP contribution >= 0.6 is 0 Å². The first kappa shape index (κ1) is 9.28. The van der Waals surface area contributed by atoms with Crippen LogP contribution in [0, 0.1) is 0 Å². The molecule has 0 bridgehead atoms. The fourth-order valence-corrected chi connectivity index (χ4v) is 1.87. The maximum absolute atomic E-state index is 8.63. The summed E-state index contributed by atoms with van der Waals surface area (Å²) in [4.78, 5) is 2.33. The van der Waals surface area contributed by atoms with Gasteiger partial charge in [-0.2, -0.15) is 0 Å². The van der Waals surface area contributed by atoms with Gasteiger partial charge in [-0.1, -0.05) is 30.4 Å². The van der Waals surface area contributed by atoms with Crippen molar-refractivity contribution in [3.8, 4) is 0 Å². The fourth-order valence-electron chi connectivity index (χ4n) is 1.87. The van der Waals surface area contributed by atoms with Gasteiger partial charge in [0.25, 0.3) is 0 Å². The van der Waals surface area contributed by atoms with Gasteiger partial charge < -0.3 is 10.0 Å². The van der Waals surface area contributed by atoms with Crippen molar-refractivity contribution in [2.45, 2.75) is 6.42 Å². The zero-order valence-corrected chi connectivity index (χ0v) is 8.19. The molecule has 0 aliphatic carbocycles. The van der Waals surface area contributed by atoms with E-state index in [1.165, 1.54) is 11.3 Å². The van der Waals surface area contributed by atoms with Crippen LogP contribution in [0.2, 0.25) is 0 Å². The van der Waals surface area contributed by atoms with Crippen molar-refractivity contribution < 1.29 is 5.11 Å². The van der Waals surface area contributed by atoms with Crippen LogP contribution < -0.4 is 4.90 Å². The maximum Gasteiger partial charge on any atom is 0.0613 e. The highest BCUT2D eigenvalue weighted by molar-refractivity contribution is 5.58. The molecule has 1 aromatic carbocycles. The molecule has 14 heavy (non-hydrogen) atoms. The number of para-hydroxylation sites is 1. The molecule has 2 heteroatoms. The summed E-state index contributed by atoms with van der Waals surface area (Å²) in [5.41, 5.74) is 2.78. The maximum atomic E-state index is 8.63. The Morgan fingerprint density at radius 3 is 3.00 bits per heavy atom. The number of nitrogens with zero attached hydrogens (tertiary/aromatic N) is 1. The van der Waals surface area contributed by atoms with Crippen LogP contribution in [-0.4, -0.2) is 24.8 Å². The molecule has 0 saturated carbocycles. The molecule has 1 aliphatic rings. The zero-order chi connectivity index (χ0) is 9.80. The fraction of sp³-hybridized carbons (Fsp3) is 0.333. The number of fused-ring (bicyclic) bond motifs is 1. The first-order chi connectivity index (χ1) is 6.92. The lowest BCUT2D eigenvalue weighted by molar-refractivity contribution is 0.342. The Hall–Kier alpha value is -1.28. The predicted octanol–water partition coefficient (Wildman–Crippen LogP) is 1.60. The monoisotopic (exact) mass is 189 g/mol. The van der Waals surface area contributed by atoms with E-state index in [4.69, 9.17) is 5.11 Å². The van der Waals surface area contributed by atoms with Crippen molar-refractivity contribution >= 4 is 5.69 Å². The number of benzene rings is 1. The molecule has 1 N–H and O–H groups in total. The molecule has 1 aromatic rings. The minimum Gasteiger partial charge on any atom is -0.392 e. The first-order valence-electron chi connectivity index (χ1n) is 5.00. The lowest BCUT2D eigenvalue weighted by Crippen LogP contribution is -2.20.